The van der Waals surface area contributed by atoms with Crippen molar-refractivity contribution >= 4 is 17.6 Å². The summed E-state index contributed by atoms with van der Waals surface area (Å²) < 4.78 is 10.6. The van der Waals surface area contributed by atoms with E-state index in [0.717, 1.165) is 49.9 Å². The molecule has 1 amide bonds. The highest BCUT2D eigenvalue weighted by Crippen LogP contribution is 2.14. The van der Waals surface area contributed by atoms with Crippen LogP contribution in [-0.2, 0) is 11.3 Å². The second kappa shape index (κ2) is 9.94. The minimum Gasteiger partial charge on any atom is -0.459 e. The summed E-state index contributed by atoms with van der Waals surface area (Å²) in [5.41, 5.74) is 1.79. The summed E-state index contributed by atoms with van der Waals surface area (Å²) in [7, 11) is 2.06. The molecule has 1 fully saturated rings. The predicted molar refractivity (Wildman–Crippen MR) is 109 cm³/mol. The highest BCUT2D eigenvalue weighted by atomic mass is 16.5. The van der Waals surface area contributed by atoms with Crippen LogP contribution in [0.25, 0.3) is 0 Å². The molecular formula is C21H28N4O3. The van der Waals surface area contributed by atoms with Gasteiger partial charge in [-0.25, -0.2) is 4.99 Å². The van der Waals surface area contributed by atoms with Crippen LogP contribution < -0.4 is 10.6 Å². The molecule has 150 valence electrons. The molecule has 2 aromatic rings. The first-order valence-corrected chi connectivity index (χ1v) is 9.66. The van der Waals surface area contributed by atoms with Gasteiger partial charge in [-0.2, -0.15) is 0 Å². The molecule has 1 aliphatic heterocycles. The lowest BCUT2D eigenvalue weighted by molar-refractivity contribution is 0.0996. The quantitative estimate of drug-likeness (QED) is 0.567. The number of furan rings is 1. The lowest BCUT2D eigenvalue weighted by atomic mass is 10.1. The van der Waals surface area contributed by atoms with Gasteiger partial charge >= 0.3 is 0 Å². The summed E-state index contributed by atoms with van der Waals surface area (Å²) in [6, 6.07) is 11.0. The SMILES string of the molecule is CCNC(=NCc1ccc(NC(=O)c2ccco2)cc1)N(C)CC1CCOC1. The van der Waals surface area contributed by atoms with E-state index in [-0.39, 0.29) is 5.91 Å². The van der Waals surface area contributed by atoms with Crippen LogP contribution in [0.4, 0.5) is 5.69 Å². The Bertz CT molecular complexity index is 765. The number of carbonyl (C=O) groups excluding carboxylic acids is 1. The summed E-state index contributed by atoms with van der Waals surface area (Å²) in [6.45, 7) is 6.08. The van der Waals surface area contributed by atoms with Crippen molar-refractivity contribution in [1.29, 1.82) is 0 Å². The van der Waals surface area contributed by atoms with Gasteiger partial charge in [0.05, 0.1) is 19.4 Å². The van der Waals surface area contributed by atoms with Gasteiger partial charge in [0.1, 0.15) is 0 Å². The van der Waals surface area contributed by atoms with Gasteiger partial charge in [0.25, 0.3) is 5.91 Å². The van der Waals surface area contributed by atoms with Crippen molar-refractivity contribution in [2.75, 3.05) is 38.7 Å². The van der Waals surface area contributed by atoms with Gasteiger partial charge in [-0.05, 0) is 43.2 Å². The number of ether oxygens (including phenoxy) is 1. The number of nitrogens with one attached hydrogen (secondary N) is 2. The Morgan fingerprint density at radius 2 is 2.11 bits per heavy atom. The summed E-state index contributed by atoms with van der Waals surface area (Å²) in [5.74, 6) is 1.48. The van der Waals surface area contributed by atoms with Crippen molar-refractivity contribution in [3.05, 3.63) is 54.0 Å². The lowest BCUT2D eigenvalue weighted by Gasteiger charge is -2.24. The number of guanidine groups is 1. The van der Waals surface area contributed by atoms with Gasteiger partial charge in [-0.3, -0.25) is 4.79 Å². The van der Waals surface area contributed by atoms with Crippen LogP contribution in [-0.4, -0.2) is 50.1 Å². The fraction of sp³-hybridized carbons (Fsp3) is 0.429. The van der Waals surface area contributed by atoms with Gasteiger partial charge in [-0.1, -0.05) is 12.1 Å². The van der Waals surface area contributed by atoms with Gasteiger partial charge < -0.3 is 24.7 Å². The minimum atomic E-state index is -0.261. The molecule has 28 heavy (non-hydrogen) atoms. The molecule has 7 nitrogen and oxygen atoms in total. The standard InChI is InChI=1S/C21H28N4O3/c1-3-22-21(25(2)14-17-10-12-27-15-17)23-13-16-6-8-18(9-7-16)24-20(26)19-5-4-11-28-19/h4-9,11,17H,3,10,12-15H2,1-2H3,(H,22,23)(H,24,26). The van der Waals surface area contributed by atoms with Gasteiger partial charge in [-0.15, -0.1) is 0 Å². The maximum atomic E-state index is 12.0. The lowest BCUT2D eigenvalue weighted by Crippen LogP contribution is -2.41. The average molecular weight is 384 g/mol. The van der Waals surface area contributed by atoms with E-state index >= 15 is 0 Å². The van der Waals surface area contributed by atoms with E-state index in [1.807, 2.05) is 24.3 Å². The Morgan fingerprint density at radius 3 is 2.75 bits per heavy atom. The molecule has 0 bridgehead atoms. The number of nitrogens with zero attached hydrogens (tertiary/aromatic N) is 2. The van der Waals surface area contributed by atoms with Crippen LogP contribution in [0.5, 0.6) is 0 Å². The van der Waals surface area contributed by atoms with Crippen LogP contribution in [0.3, 0.4) is 0 Å². The molecule has 0 saturated carbocycles. The van der Waals surface area contributed by atoms with Gasteiger partial charge in [0.15, 0.2) is 11.7 Å². The third kappa shape index (κ3) is 5.60. The predicted octanol–water partition coefficient (Wildman–Crippen LogP) is 2.97. The largest absolute Gasteiger partial charge is 0.459 e. The number of rotatable bonds is 7. The van der Waals surface area contributed by atoms with E-state index in [0.29, 0.717) is 18.2 Å². The zero-order valence-corrected chi connectivity index (χ0v) is 16.5. The Labute approximate surface area is 165 Å². The number of aliphatic imine (C=N–C) groups is 1. The van der Waals surface area contributed by atoms with Crippen LogP contribution in [0.15, 0.2) is 52.1 Å². The first-order valence-electron chi connectivity index (χ1n) is 9.66. The molecule has 2 heterocycles. The van der Waals surface area contributed by atoms with Crippen LogP contribution in [0.2, 0.25) is 0 Å². The molecule has 3 rings (SSSR count). The Morgan fingerprint density at radius 1 is 1.29 bits per heavy atom. The molecule has 1 aromatic heterocycles. The molecule has 0 radical (unpaired) electrons. The monoisotopic (exact) mass is 384 g/mol. The molecule has 1 atom stereocenters. The molecule has 0 aliphatic carbocycles. The normalized spacial score (nSPS) is 16.8. The average Bonchev–Trinajstić information content (AvgIpc) is 3.40. The second-order valence-corrected chi connectivity index (χ2v) is 6.91. The fourth-order valence-corrected chi connectivity index (χ4v) is 3.13. The molecule has 1 unspecified atom stereocenters. The summed E-state index contributed by atoms with van der Waals surface area (Å²) >= 11 is 0. The Hall–Kier alpha value is -2.80. The smallest absolute Gasteiger partial charge is 0.291 e. The highest BCUT2D eigenvalue weighted by molar-refractivity contribution is 6.02. The maximum absolute atomic E-state index is 12.0. The van der Waals surface area contributed by atoms with E-state index < -0.39 is 0 Å². The van der Waals surface area contributed by atoms with E-state index in [1.165, 1.54) is 6.26 Å². The van der Waals surface area contributed by atoms with Crippen LogP contribution in [0, 0.1) is 5.92 Å². The van der Waals surface area contributed by atoms with E-state index in [2.05, 4.69) is 29.5 Å². The zero-order valence-electron chi connectivity index (χ0n) is 16.5. The molecule has 2 N–H and O–H groups in total. The summed E-state index contributed by atoms with van der Waals surface area (Å²) in [6.07, 6.45) is 2.59. The van der Waals surface area contributed by atoms with Crippen molar-refractivity contribution in [3.63, 3.8) is 0 Å². The fourth-order valence-electron chi connectivity index (χ4n) is 3.13. The summed E-state index contributed by atoms with van der Waals surface area (Å²) in [5, 5.41) is 6.16. The van der Waals surface area contributed by atoms with Crippen molar-refractivity contribution < 1.29 is 13.9 Å². The Balaban J connectivity index is 1.56. The topological polar surface area (TPSA) is 79.1 Å². The van der Waals surface area contributed by atoms with Gasteiger partial charge in [0, 0.05) is 38.3 Å². The number of carbonyl (C=O) groups is 1. The second-order valence-electron chi connectivity index (χ2n) is 6.91. The number of hydrogen-bond donors (Lipinski definition) is 2. The Kier molecular flexibility index (Phi) is 7.08. The van der Waals surface area contributed by atoms with E-state index in [9.17, 15) is 4.79 Å². The number of benzene rings is 1. The first kappa shape index (κ1) is 19.9. The van der Waals surface area contributed by atoms with Crippen molar-refractivity contribution in [3.8, 4) is 0 Å². The van der Waals surface area contributed by atoms with E-state index in [1.54, 1.807) is 12.1 Å². The number of anilines is 1. The zero-order chi connectivity index (χ0) is 19.8. The molecular weight excluding hydrogens is 356 g/mol. The highest BCUT2D eigenvalue weighted by Gasteiger charge is 2.19. The molecule has 1 aromatic carbocycles. The summed E-state index contributed by atoms with van der Waals surface area (Å²) in [4.78, 5) is 18.9. The van der Waals surface area contributed by atoms with Crippen molar-refractivity contribution in [2.45, 2.75) is 19.9 Å². The van der Waals surface area contributed by atoms with Crippen LogP contribution >= 0.6 is 0 Å². The number of hydrogen-bond acceptors (Lipinski definition) is 4. The third-order valence-electron chi connectivity index (χ3n) is 4.62. The van der Waals surface area contributed by atoms with E-state index in [4.69, 9.17) is 14.1 Å². The molecule has 7 heteroatoms. The maximum Gasteiger partial charge on any atom is 0.291 e. The van der Waals surface area contributed by atoms with Crippen molar-refractivity contribution in [1.82, 2.24) is 10.2 Å². The van der Waals surface area contributed by atoms with Gasteiger partial charge in [0.2, 0.25) is 0 Å². The first-order chi connectivity index (χ1) is 13.7. The third-order valence-corrected chi connectivity index (χ3v) is 4.62. The van der Waals surface area contributed by atoms with Crippen molar-refractivity contribution in [2.24, 2.45) is 10.9 Å². The molecule has 1 saturated heterocycles. The number of amides is 1. The molecule has 1 aliphatic rings. The minimum absolute atomic E-state index is 0.261. The molecule has 0 spiro atoms. The van der Waals surface area contributed by atoms with Crippen LogP contribution in [0.1, 0.15) is 29.5 Å².